The van der Waals surface area contributed by atoms with E-state index in [1.165, 1.54) is 0 Å². The van der Waals surface area contributed by atoms with Gasteiger partial charge >= 0.3 is 6.03 Å². The molecule has 0 unspecified atom stereocenters. The third kappa shape index (κ3) is 6.15. The Morgan fingerprint density at radius 1 is 1.17 bits per heavy atom. The molecule has 0 spiro atoms. The van der Waals surface area contributed by atoms with Crippen molar-refractivity contribution in [3.8, 4) is 0 Å². The molecule has 0 aromatic heterocycles. The number of hydrazine groups is 1. The summed E-state index contributed by atoms with van der Waals surface area (Å²) in [7, 11) is 0. The van der Waals surface area contributed by atoms with Gasteiger partial charge in [-0.15, -0.1) is 0 Å². The molecule has 1 fully saturated rings. The Balaban J connectivity index is 2.19. The van der Waals surface area contributed by atoms with Gasteiger partial charge in [0.05, 0.1) is 11.8 Å². The number of hydrogen-bond donors (Lipinski definition) is 4. The predicted octanol–water partition coefficient (Wildman–Crippen LogP) is 1.46. The van der Waals surface area contributed by atoms with Gasteiger partial charge in [-0.3, -0.25) is 25.0 Å². The third-order valence-corrected chi connectivity index (χ3v) is 4.56. The molecule has 9 nitrogen and oxygen atoms in total. The lowest BCUT2D eigenvalue weighted by molar-refractivity contribution is -0.144. The standard InChI is InChI=1S/C20H26N4O5/c1-13(2)11-16(18(26)22-24-17(25)12-21-20(24)28)15(19(27)23-29)10-6-9-14-7-4-3-5-8-14/h3-9,13,15-16,29H,10-12H2,1-2H3,(H,21,28)(H,22,26)(H,23,27)/b9-6+/t15-,16+/m0/s1. The van der Waals surface area contributed by atoms with Crippen LogP contribution in [0.25, 0.3) is 6.08 Å². The van der Waals surface area contributed by atoms with Crippen molar-refractivity contribution < 1.29 is 24.4 Å². The first kappa shape index (κ1) is 22.1. The monoisotopic (exact) mass is 402 g/mol. The quantitative estimate of drug-likeness (QED) is 0.282. The SMILES string of the molecule is CC(C)C[C@@H](C(=O)NN1C(=O)CNC1=O)[C@H](C/C=C/c1ccccc1)C(=O)NO. The van der Waals surface area contributed by atoms with Crippen molar-refractivity contribution in [1.29, 1.82) is 0 Å². The van der Waals surface area contributed by atoms with Gasteiger partial charge in [0.15, 0.2) is 0 Å². The zero-order chi connectivity index (χ0) is 21.4. The average Bonchev–Trinajstić information content (AvgIpc) is 3.01. The van der Waals surface area contributed by atoms with Gasteiger partial charge in [-0.25, -0.2) is 10.3 Å². The summed E-state index contributed by atoms with van der Waals surface area (Å²) in [5.41, 5.74) is 4.85. The zero-order valence-corrected chi connectivity index (χ0v) is 16.4. The largest absolute Gasteiger partial charge is 0.343 e. The molecule has 0 bridgehead atoms. The second-order valence-electron chi connectivity index (χ2n) is 7.23. The summed E-state index contributed by atoms with van der Waals surface area (Å²) in [6.45, 7) is 3.58. The number of hydroxylamine groups is 1. The van der Waals surface area contributed by atoms with Crippen LogP contribution in [0.2, 0.25) is 0 Å². The molecule has 1 aliphatic rings. The fraction of sp³-hybridized carbons (Fsp3) is 0.400. The van der Waals surface area contributed by atoms with Crippen LogP contribution in [0.3, 0.4) is 0 Å². The van der Waals surface area contributed by atoms with E-state index in [1.54, 1.807) is 11.6 Å². The molecule has 1 aromatic rings. The number of nitrogens with one attached hydrogen (secondary N) is 3. The second-order valence-corrected chi connectivity index (χ2v) is 7.23. The van der Waals surface area contributed by atoms with Crippen LogP contribution in [0.15, 0.2) is 36.4 Å². The molecule has 9 heteroatoms. The van der Waals surface area contributed by atoms with Crippen molar-refractivity contribution in [2.75, 3.05) is 6.54 Å². The molecular weight excluding hydrogens is 376 g/mol. The van der Waals surface area contributed by atoms with Crippen molar-refractivity contribution in [2.45, 2.75) is 26.7 Å². The summed E-state index contributed by atoms with van der Waals surface area (Å²) in [4.78, 5) is 48.6. The van der Waals surface area contributed by atoms with Crippen LogP contribution in [0.4, 0.5) is 4.79 Å². The van der Waals surface area contributed by atoms with Crippen LogP contribution >= 0.6 is 0 Å². The van der Waals surface area contributed by atoms with Gasteiger partial charge in [0.2, 0.25) is 11.8 Å². The number of rotatable bonds is 9. The van der Waals surface area contributed by atoms with Gasteiger partial charge in [-0.2, -0.15) is 5.01 Å². The maximum absolute atomic E-state index is 12.9. The van der Waals surface area contributed by atoms with Crippen LogP contribution in [0.1, 0.15) is 32.3 Å². The predicted molar refractivity (Wildman–Crippen MR) is 105 cm³/mol. The molecule has 0 aliphatic carbocycles. The van der Waals surface area contributed by atoms with Crippen molar-refractivity contribution in [2.24, 2.45) is 17.8 Å². The Morgan fingerprint density at radius 3 is 2.41 bits per heavy atom. The van der Waals surface area contributed by atoms with Crippen molar-refractivity contribution >= 4 is 29.8 Å². The molecule has 156 valence electrons. The minimum Gasteiger partial charge on any atom is -0.327 e. The number of urea groups is 1. The third-order valence-electron chi connectivity index (χ3n) is 4.56. The maximum Gasteiger partial charge on any atom is 0.343 e. The van der Waals surface area contributed by atoms with E-state index >= 15 is 0 Å². The number of benzene rings is 1. The highest BCUT2D eigenvalue weighted by Gasteiger charge is 2.37. The van der Waals surface area contributed by atoms with E-state index in [0.29, 0.717) is 11.4 Å². The fourth-order valence-electron chi connectivity index (χ4n) is 3.14. The number of carbonyl (C=O) groups excluding carboxylic acids is 4. The molecule has 4 N–H and O–H groups in total. The van der Waals surface area contributed by atoms with E-state index in [0.717, 1.165) is 5.56 Å². The number of amides is 5. The Hall–Kier alpha value is -3.20. The lowest BCUT2D eigenvalue weighted by Gasteiger charge is -2.27. The van der Waals surface area contributed by atoms with Crippen molar-refractivity contribution in [3.63, 3.8) is 0 Å². The van der Waals surface area contributed by atoms with Crippen molar-refractivity contribution in [3.05, 3.63) is 42.0 Å². The van der Waals surface area contributed by atoms with Crippen LogP contribution in [0.5, 0.6) is 0 Å². The fourth-order valence-corrected chi connectivity index (χ4v) is 3.14. The minimum atomic E-state index is -0.886. The molecule has 0 radical (unpaired) electrons. The lowest BCUT2D eigenvalue weighted by atomic mass is 9.82. The number of carbonyl (C=O) groups is 4. The lowest BCUT2D eigenvalue weighted by Crippen LogP contribution is -2.51. The zero-order valence-electron chi connectivity index (χ0n) is 16.4. The van der Waals surface area contributed by atoms with E-state index in [1.807, 2.05) is 50.3 Å². The summed E-state index contributed by atoms with van der Waals surface area (Å²) in [5, 5.41) is 12.1. The Morgan fingerprint density at radius 2 is 1.86 bits per heavy atom. The Bertz CT molecular complexity index is 762. The molecule has 0 saturated carbocycles. The molecule has 2 rings (SSSR count). The van der Waals surface area contributed by atoms with Crippen LogP contribution in [0, 0.1) is 17.8 Å². The number of imide groups is 1. The van der Waals surface area contributed by atoms with Gasteiger partial charge in [-0.05, 0) is 24.3 Å². The highest BCUT2D eigenvalue weighted by atomic mass is 16.5. The van der Waals surface area contributed by atoms with Crippen molar-refractivity contribution in [1.82, 2.24) is 21.2 Å². The summed E-state index contributed by atoms with van der Waals surface area (Å²) in [6.07, 6.45) is 4.09. The number of nitrogens with zero attached hydrogens (tertiary/aromatic N) is 1. The molecule has 1 aromatic carbocycles. The first-order valence-electron chi connectivity index (χ1n) is 9.40. The van der Waals surface area contributed by atoms with Crippen LogP contribution in [-0.4, -0.2) is 40.5 Å². The molecule has 1 saturated heterocycles. The Labute approximate surface area is 169 Å². The van der Waals surface area contributed by atoms with Gasteiger partial charge in [0.25, 0.3) is 5.91 Å². The molecule has 29 heavy (non-hydrogen) atoms. The van der Waals surface area contributed by atoms with Crippen LogP contribution < -0.4 is 16.2 Å². The normalized spacial score (nSPS) is 16.1. The molecular formula is C20H26N4O5. The molecule has 1 heterocycles. The van der Waals surface area contributed by atoms with E-state index < -0.39 is 35.6 Å². The Kier molecular flexibility index (Phi) is 7.90. The first-order chi connectivity index (χ1) is 13.8. The topological polar surface area (TPSA) is 128 Å². The smallest absolute Gasteiger partial charge is 0.327 e. The molecule has 5 amide bonds. The van der Waals surface area contributed by atoms with Gasteiger partial charge < -0.3 is 5.32 Å². The van der Waals surface area contributed by atoms with E-state index in [-0.39, 0.29) is 18.9 Å². The highest BCUT2D eigenvalue weighted by Crippen LogP contribution is 2.25. The second kappa shape index (κ2) is 10.4. The maximum atomic E-state index is 12.9. The van der Waals surface area contributed by atoms with E-state index in [9.17, 15) is 24.4 Å². The summed E-state index contributed by atoms with van der Waals surface area (Å²) >= 11 is 0. The van der Waals surface area contributed by atoms with Gasteiger partial charge in [-0.1, -0.05) is 56.3 Å². The molecule has 2 atom stereocenters. The number of allylic oxidation sites excluding steroid dienone is 1. The highest BCUT2D eigenvalue weighted by molar-refractivity contribution is 6.03. The van der Waals surface area contributed by atoms with Gasteiger partial charge in [0, 0.05) is 0 Å². The van der Waals surface area contributed by atoms with Gasteiger partial charge in [0.1, 0.15) is 6.54 Å². The van der Waals surface area contributed by atoms with E-state index in [2.05, 4.69) is 10.7 Å². The van der Waals surface area contributed by atoms with E-state index in [4.69, 9.17) is 0 Å². The molecule has 1 aliphatic heterocycles. The number of hydrogen-bond acceptors (Lipinski definition) is 5. The average molecular weight is 402 g/mol. The minimum absolute atomic E-state index is 0.0564. The summed E-state index contributed by atoms with van der Waals surface area (Å²) in [5.74, 6) is -3.61. The van der Waals surface area contributed by atoms with Crippen LogP contribution in [-0.2, 0) is 14.4 Å². The summed E-state index contributed by atoms with van der Waals surface area (Å²) < 4.78 is 0. The summed E-state index contributed by atoms with van der Waals surface area (Å²) in [6, 6.07) is 8.72. The first-order valence-corrected chi connectivity index (χ1v) is 9.40.